The van der Waals surface area contributed by atoms with E-state index in [1.807, 2.05) is 4.90 Å². The summed E-state index contributed by atoms with van der Waals surface area (Å²) in [6.45, 7) is 0.911. The van der Waals surface area contributed by atoms with E-state index in [4.69, 9.17) is 9.52 Å². The number of anilines is 1. The highest BCUT2D eigenvalue weighted by molar-refractivity contribution is 6.02. The van der Waals surface area contributed by atoms with Crippen molar-refractivity contribution in [2.24, 2.45) is 0 Å². The molecule has 1 fully saturated rings. The molecule has 25 heavy (non-hydrogen) atoms. The van der Waals surface area contributed by atoms with E-state index in [2.05, 4.69) is 5.32 Å². The molecule has 0 saturated carbocycles. The average Bonchev–Trinajstić information content (AvgIpc) is 3.31. The summed E-state index contributed by atoms with van der Waals surface area (Å²) in [5.74, 6) is -0.0824. The molecule has 1 aliphatic heterocycles. The highest BCUT2D eigenvalue weighted by Gasteiger charge is 2.28. The van der Waals surface area contributed by atoms with Crippen molar-refractivity contribution < 1.29 is 19.1 Å². The molecule has 3 rings (SSSR count). The average molecular weight is 342 g/mol. The Bertz CT molecular complexity index is 710. The number of hydrogen-bond donors (Lipinski definition) is 2. The molecule has 2 amide bonds. The molecule has 1 unspecified atom stereocenters. The van der Waals surface area contributed by atoms with Gasteiger partial charge in [0, 0.05) is 30.4 Å². The van der Waals surface area contributed by atoms with Gasteiger partial charge in [-0.05, 0) is 62.1 Å². The van der Waals surface area contributed by atoms with Crippen molar-refractivity contribution in [3.8, 4) is 0 Å². The summed E-state index contributed by atoms with van der Waals surface area (Å²) in [4.78, 5) is 26.5. The van der Waals surface area contributed by atoms with Gasteiger partial charge in [0.1, 0.15) is 0 Å². The molecule has 1 aromatic carbocycles. The van der Waals surface area contributed by atoms with Gasteiger partial charge < -0.3 is 19.7 Å². The fraction of sp³-hybridized carbons (Fsp3) is 0.368. The van der Waals surface area contributed by atoms with E-state index >= 15 is 0 Å². The first-order valence-corrected chi connectivity index (χ1v) is 8.56. The van der Waals surface area contributed by atoms with Crippen molar-refractivity contribution in [2.75, 3.05) is 18.5 Å². The normalized spacial score (nSPS) is 16.8. The maximum Gasteiger partial charge on any atom is 0.291 e. The number of hydrogen-bond acceptors (Lipinski definition) is 4. The summed E-state index contributed by atoms with van der Waals surface area (Å²) >= 11 is 0. The maximum absolute atomic E-state index is 12.7. The summed E-state index contributed by atoms with van der Waals surface area (Å²) in [7, 11) is 0. The molecule has 1 atom stereocenters. The molecular weight excluding hydrogens is 320 g/mol. The van der Waals surface area contributed by atoms with Crippen LogP contribution in [0.5, 0.6) is 0 Å². The van der Waals surface area contributed by atoms with Crippen molar-refractivity contribution >= 4 is 17.5 Å². The van der Waals surface area contributed by atoms with E-state index in [1.165, 1.54) is 6.26 Å². The molecule has 0 spiro atoms. The van der Waals surface area contributed by atoms with Gasteiger partial charge in [-0.15, -0.1) is 0 Å². The number of nitrogens with zero attached hydrogens (tertiary/aromatic N) is 1. The smallest absolute Gasteiger partial charge is 0.291 e. The lowest BCUT2D eigenvalue weighted by molar-refractivity contribution is 0.0724. The largest absolute Gasteiger partial charge is 0.459 e. The van der Waals surface area contributed by atoms with Crippen molar-refractivity contribution in [3.05, 3.63) is 54.0 Å². The molecule has 0 bridgehead atoms. The number of carbonyl (C=O) groups excluding carboxylic acids is 2. The van der Waals surface area contributed by atoms with Crippen LogP contribution in [0.4, 0.5) is 5.69 Å². The quantitative estimate of drug-likeness (QED) is 0.845. The minimum Gasteiger partial charge on any atom is -0.459 e. The highest BCUT2D eigenvalue weighted by Crippen LogP contribution is 2.24. The molecule has 2 aromatic rings. The molecule has 132 valence electrons. The first-order valence-electron chi connectivity index (χ1n) is 8.56. The molecule has 1 aromatic heterocycles. The monoisotopic (exact) mass is 342 g/mol. The Morgan fingerprint density at radius 3 is 2.72 bits per heavy atom. The Kier molecular flexibility index (Phi) is 5.50. The van der Waals surface area contributed by atoms with E-state index in [0.29, 0.717) is 17.7 Å². The van der Waals surface area contributed by atoms with Crippen LogP contribution >= 0.6 is 0 Å². The third kappa shape index (κ3) is 4.09. The molecule has 1 saturated heterocycles. The predicted octanol–water partition coefficient (Wildman–Crippen LogP) is 2.91. The van der Waals surface area contributed by atoms with Gasteiger partial charge in [0.15, 0.2) is 5.76 Å². The van der Waals surface area contributed by atoms with Crippen molar-refractivity contribution in [2.45, 2.75) is 31.7 Å². The topological polar surface area (TPSA) is 82.8 Å². The number of amides is 2. The van der Waals surface area contributed by atoms with Gasteiger partial charge in [0.05, 0.1) is 6.26 Å². The Morgan fingerprint density at radius 1 is 1.24 bits per heavy atom. The molecule has 2 heterocycles. The van der Waals surface area contributed by atoms with Crippen LogP contribution in [-0.4, -0.2) is 41.0 Å². The first kappa shape index (κ1) is 17.2. The number of carbonyl (C=O) groups is 2. The lowest BCUT2D eigenvalue weighted by atomic mass is 10.1. The van der Waals surface area contributed by atoms with Crippen molar-refractivity contribution in [1.82, 2.24) is 4.90 Å². The van der Waals surface area contributed by atoms with E-state index in [9.17, 15) is 9.59 Å². The number of rotatable bonds is 6. The second kappa shape index (κ2) is 7.98. The zero-order chi connectivity index (χ0) is 17.6. The number of aliphatic hydroxyl groups is 1. The lowest BCUT2D eigenvalue weighted by Crippen LogP contribution is -2.35. The second-order valence-electron chi connectivity index (χ2n) is 6.17. The summed E-state index contributed by atoms with van der Waals surface area (Å²) in [6, 6.07) is 10.3. The molecule has 1 aliphatic rings. The fourth-order valence-corrected chi connectivity index (χ4v) is 3.19. The van der Waals surface area contributed by atoms with Crippen LogP contribution in [0.25, 0.3) is 0 Å². The van der Waals surface area contributed by atoms with Crippen LogP contribution in [0.1, 0.15) is 46.6 Å². The summed E-state index contributed by atoms with van der Waals surface area (Å²) in [5, 5.41) is 11.7. The van der Waals surface area contributed by atoms with Crippen LogP contribution in [0.2, 0.25) is 0 Å². The number of nitrogens with one attached hydrogen (secondary N) is 1. The number of aliphatic hydroxyl groups excluding tert-OH is 1. The van der Waals surface area contributed by atoms with E-state index in [1.54, 1.807) is 36.4 Å². The zero-order valence-corrected chi connectivity index (χ0v) is 14.0. The van der Waals surface area contributed by atoms with Crippen LogP contribution in [0.15, 0.2) is 47.1 Å². The minimum absolute atomic E-state index is 0.00403. The second-order valence-corrected chi connectivity index (χ2v) is 6.17. The van der Waals surface area contributed by atoms with Crippen LogP contribution in [0.3, 0.4) is 0 Å². The van der Waals surface area contributed by atoms with Gasteiger partial charge in [-0.3, -0.25) is 9.59 Å². The van der Waals surface area contributed by atoms with E-state index in [-0.39, 0.29) is 30.2 Å². The zero-order valence-electron chi connectivity index (χ0n) is 14.0. The predicted molar refractivity (Wildman–Crippen MR) is 93.5 cm³/mol. The molecule has 6 heteroatoms. The van der Waals surface area contributed by atoms with Gasteiger partial charge in [0.25, 0.3) is 11.8 Å². The van der Waals surface area contributed by atoms with Crippen LogP contribution < -0.4 is 5.32 Å². The number of furan rings is 1. The summed E-state index contributed by atoms with van der Waals surface area (Å²) in [6.07, 6.45) is 4.98. The van der Waals surface area contributed by atoms with Gasteiger partial charge in [0.2, 0.25) is 0 Å². The summed E-state index contributed by atoms with van der Waals surface area (Å²) < 4.78 is 5.05. The Labute approximate surface area is 146 Å². The van der Waals surface area contributed by atoms with Crippen LogP contribution in [-0.2, 0) is 0 Å². The van der Waals surface area contributed by atoms with Gasteiger partial charge in [-0.2, -0.15) is 0 Å². The third-order valence-corrected chi connectivity index (χ3v) is 4.47. The van der Waals surface area contributed by atoms with Gasteiger partial charge in [-0.25, -0.2) is 0 Å². The third-order valence-electron chi connectivity index (χ3n) is 4.47. The van der Waals surface area contributed by atoms with E-state index in [0.717, 1.165) is 25.8 Å². The molecule has 0 aliphatic carbocycles. The van der Waals surface area contributed by atoms with Gasteiger partial charge >= 0.3 is 0 Å². The molecule has 6 nitrogen and oxygen atoms in total. The van der Waals surface area contributed by atoms with Crippen molar-refractivity contribution in [1.29, 1.82) is 0 Å². The number of likely N-dealkylation sites (tertiary alicyclic amines) is 1. The maximum atomic E-state index is 12.7. The fourth-order valence-electron chi connectivity index (χ4n) is 3.19. The minimum atomic E-state index is -0.326. The lowest BCUT2D eigenvalue weighted by Gasteiger charge is -2.24. The van der Waals surface area contributed by atoms with Crippen molar-refractivity contribution in [3.63, 3.8) is 0 Å². The molecule has 0 radical (unpaired) electrons. The first-order chi connectivity index (χ1) is 12.2. The summed E-state index contributed by atoms with van der Waals surface area (Å²) in [5.41, 5.74) is 1.21. The molecule has 2 N–H and O–H groups in total. The van der Waals surface area contributed by atoms with E-state index < -0.39 is 0 Å². The number of benzene rings is 1. The Hall–Kier alpha value is -2.60. The highest BCUT2D eigenvalue weighted by atomic mass is 16.3. The van der Waals surface area contributed by atoms with Gasteiger partial charge in [-0.1, -0.05) is 0 Å². The Balaban J connectivity index is 1.63. The molecular formula is C19H22N2O4. The van der Waals surface area contributed by atoms with Crippen LogP contribution in [0, 0.1) is 0 Å². The SMILES string of the molecule is O=C(Nc1ccc(C(=O)N2CCCC2CCCO)cc1)c1ccco1. The Morgan fingerprint density at radius 2 is 2.04 bits per heavy atom. The standard InChI is InChI=1S/C19H22N2O4/c22-12-2-5-16-4-1-11-21(16)19(24)14-7-9-15(10-8-14)20-18(23)17-6-3-13-25-17/h3,6-10,13,16,22H,1-2,4-5,11-12H2,(H,20,23).